The Bertz CT molecular complexity index is 3680. The average molecular weight is 1210 g/mol. The third-order valence-electron chi connectivity index (χ3n) is 13.6. The van der Waals surface area contributed by atoms with E-state index in [0.717, 1.165) is 9.69 Å². The number of piperidine rings is 1. The smallest absolute Gasteiger partial charge is 0.325 e. The molecule has 3 aromatic carbocycles. The van der Waals surface area contributed by atoms with E-state index in [2.05, 4.69) is 45.6 Å². The first-order valence-corrected chi connectivity index (χ1v) is 29.8. The number of rotatable bonds is 29. The number of esters is 1. The van der Waals surface area contributed by atoms with E-state index in [1.165, 1.54) is 59.8 Å². The van der Waals surface area contributed by atoms with Crippen molar-refractivity contribution in [2.45, 2.75) is 64.8 Å². The summed E-state index contributed by atoms with van der Waals surface area (Å²) in [6.07, 6.45) is 4.32. The molecule has 1 aliphatic rings. The number of hydrogen-bond acceptors (Lipinski definition) is 19. The number of likely N-dealkylation sites (tertiary alicyclic amines) is 1. The van der Waals surface area contributed by atoms with Gasteiger partial charge in [-0.25, -0.2) is 36.8 Å². The molecule has 0 bridgehead atoms. The average Bonchev–Trinajstić information content (AvgIpc) is 4.22. The zero-order valence-electron chi connectivity index (χ0n) is 47.0. The number of hydrogen-bond donors (Lipinski definition) is 5. The highest BCUT2D eigenvalue weighted by Gasteiger charge is 2.30. The van der Waals surface area contributed by atoms with Crippen molar-refractivity contribution in [3.8, 4) is 33.0 Å². The number of methoxy groups -OCH3 is 1. The lowest BCUT2D eigenvalue weighted by Gasteiger charge is -2.31. The largest absolute Gasteiger partial charge is 0.468 e. The number of halogens is 2. The predicted molar refractivity (Wildman–Crippen MR) is 310 cm³/mol. The van der Waals surface area contributed by atoms with Crippen LogP contribution < -0.4 is 26.4 Å². The second-order valence-electron chi connectivity index (χ2n) is 19.6. The van der Waals surface area contributed by atoms with Gasteiger partial charge in [0.1, 0.15) is 18.9 Å². The van der Waals surface area contributed by atoms with Gasteiger partial charge < -0.3 is 45.5 Å². The topological polar surface area (TPSA) is 325 Å². The molecule has 29 heteroatoms. The van der Waals surface area contributed by atoms with E-state index in [1.807, 2.05) is 0 Å². The maximum atomic E-state index is 16.0. The van der Waals surface area contributed by atoms with Crippen LogP contribution in [-0.2, 0) is 59.5 Å². The molecule has 4 aromatic heterocycles. The van der Waals surface area contributed by atoms with Crippen LogP contribution in [0.2, 0.25) is 0 Å². The fraction of sp³-hybridized carbons (Fsp3) is 0.411. The summed E-state index contributed by atoms with van der Waals surface area (Å²) in [5.74, 6) is -4.19. The van der Waals surface area contributed by atoms with Gasteiger partial charge >= 0.3 is 5.97 Å². The molecule has 0 saturated carbocycles. The van der Waals surface area contributed by atoms with Crippen LogP contribution in [0.15, 0.2) is 67.0 Å². The van der Waals surface area contributed by atoms with Crippen molar-refractivity contribution in [3.63, 3.8) is 0 Å². The van der Waals surface area contributed by atoms with Crippen LogP contribution in [0.3, 0.4) is 0 Å². The Morgan fingerprint density at radius 2 is 1.51 bits per heavy atom. The van der Waals surface area contributed by atoms with Crippen LogP contribution in [0, 0.1) is 18.6 Å². The first-order valence-electron chi connectivity index (χ1n) is 27.4. The Labute approximate surface area is 491 Å². The number of anilines is 2. The van der Waals surface area contributed by atoms with Gasteiger partial charge in [0.2, 0.25) is 45.5 Å². The highest BCUT2D eigenvalue weighted by Crippen LogP contribution is 2.43. The summed E-state index contributed by atoms with van der Waals surface area (Å²) in [5.41, 5.74) is 8.52. The fourth-order valence-electron chi connectivity index (χ4n) is 9.45. The molecule has 6 N–H and O–H groups in total. The van der Waals surface area contributed by atoms with Gasteiger partial charge in [0, 0.05) is 66.5 Å². The summed E-state index contributed by atoms with van der Waals surface area (Å²) in [7, 11) is -2.58. The van der Waals surface area contributed by atoms with Crippen molar-refractivity contribution in [2.75, 3.05) is 95.7 Å². The molecule has 452 valence electrons. The SMILES string of the molecule is CCCS(=O)(=O)Nc1cccc(-c2nc(C3CCN(C(=O)CCOCCOCCOCCNC(=O)CCC(=O)n4ncc5cc(F)c(-c6cccc7c6c(C)nn7CC(=O)NCC(=O)NCC(=O)OC)cc54)CC3)sc2-c2ccnc(N)n2)c1F. The van der Waals surface area contributed by atoms with Crippen molar-refractivity contribution in [3.05, 3.63) is 89.3 Å². The van der Waals surface area contributed by atoms with Crippen LogP contribution in [0.25, 0.3) is 54.8 Å². The Morgan fingerprint density at radius 1 is 0.788 bits per heavy atom. The van der Waals surface area contributed by atoms with E-state index >= 15 is 8.78 Å². The van der Waals surface area contributed by atoms with Crippen LogP contribution in [0.5, 0.6) is 0 Å². The van der Waals surface area contributed by atoms with E-state index in [9.17, 15) is 37.2 Å². The number of nitrogen functional groups attached to an aromatic ring is 1. The second-order valence-corrected chi connectivity index (χ2v) is 22.5. The molecule has 85 heavy (non-hydrogen) atoms. The Kier molecular flexibility index (Phi) is 21.7. The monoisotopic (exact) mass is 1210 g/mol. The lowest BCUT2D eigenvalue weighted by molar-refractivity contribution is -0.141. The lowest BCUT2D eigenvalue weighted by atomic mass is 9.97. The van der Waals surface area contributed by atoms with Gasteiger partial charge in [0.25, 0.3) is 0 Å². The van der Waals surface area contributed by atoms with Crippen molar-refractivity contribution < 1.29 is 64.9 Å². The van der Waals surface area contributed by atoms with E-state index < -0.39 is 45.3 Å². The van der Waals surface area contributed by atoms with E-state index in [1.54, 1.807) is 49.1 Å². The van der Waals surface area contributed by atoms with Gasteiger partial charge in [-0.1, -0.05) is 25.1 Å². The fourth-order valence-corrected chi connectivity index (χ4v) is 11.8. The summed E-state index contributed by atoms with van der Waals surface area (Å²) >= 11 is 1.35. The number of amides is 4. The van der Waals surface area contributed by atoms with Crippen molar-refractivity contribution >= 4 is 90.3 Å². The summed E-state index contributed by atoms with van der Waals surface area (Å²) in [6, 6.07) is 14.0. The number of fused-ring (bicyclic) bond motifs is 2. The van der Waals surface area contributed by atoms with Crippen molar-refractivity contribution in [1.29, 1.82) is 0 Å². The Hall–Kier alpha value is -8.38. The second kappa shape index (κ2) is 29.4. The molecule has 4 amide bonds. The number of nitrogens with two attached hydrogens (primary N) is 1. The van der Waals surface area contributed by atoms with Gasteiger partial charge in [-0.05, 0) is 68.1 Å². The zero-order chi connectivity index (χ0) is 60.6. The lowest BCUT2D eigenvalue weighted by Crippen LogP contribution is -2.40. The minimum Gasteiger partial charge on any atom is -0.468 e. The molecular weight excluding hydrogens is 1150 g/mol. The highest BCUT2D eigenvalue weighted by molar-refractivity contribution is 7.92. The normalized spacial score (nSPS) is 12.8. The number of benzene rings is 3. The molecule has 0 spiro atoms. The standard InChI is InChI=1S/C56H65F2N13O12S2/c1-4-27-85(78,79)68-41-9-5-8-38(52(41)58)53-54(42-13-17-61-56(59)65-42)84-55(66-53)35-14-19-69(20-15-35)48(75)16-21-81-23-25-83-26-24-82-22-18-60-45(72)11-12-49(76)71-44-29-39(40(57)28-36(44)30-64-71)37-7-6-10-43-51(37)34(2)67-70(43)33-47(74)62-31-46(73)63-32-50(77)80-3/h5-10,13,17,28-30,35,68H,4,11-12,14-16,18-27,31-33H2,1-3H3,(H,60,72)(H,62,74)(H,63,73)(H2,59,61,65). The predicted octanol–water partition coefficient (Wildman–Crippen LogP) is 4.74. The van der Waals surface area contributed by atoms with Crippen LogP contribution in [0.1, 0.15) is 66.9 Å². The molecule has 1 fully saturated rings. The Morgan fingerprint density at radius 3 is 2.25 bits per heavy atom. The molecule has 1 aliphatic heterocycles. The van der Waals surface area contributed by atoms with Crippen LogP contribution in [-0.4, -0.2) is 169 Å². The number of aromatic nitrogens is 7. The maximum absolute atomic E-state index is 16.0. The number of carbonyl (C=O) groups is 6. The van der Waals surface area contributed by atoms with Crippen LogP contribution >= 0.6 is 11.3 Å². The number of thiazole rings is 1. The first-order chi connectivity index (χ1) is 40.9. The van der Waals surface area contributed by atoms with E-state index in [0.29, 0.717) is 81.7 Å². The number of nitrogens with one attached hydrogen (secondary N) is 4. The first kappa shape index (κ1) is 62.7. The summed E-state index contributed by atoms with van der Waals surface area (Å²) in [6.45, 7) is 5.05. The minimum absolute atomic E-state index is 0.0311. The molecule has 0 unspecified atom stereocenters. The molecule has 0 atom stereocenters. The number of ether oxygens (including phenoxy) is 4. The number of nitrogens with zero attached hydrogens (tertiary/aromatic N) is 8. The van der Waals surface area contributed by atoms with E-state index in [4.69, 9.17) is 24.9 Å². The van der Waals surface area contributed by atoms with Crippen molar-refractivity contribution in [1.82, 2.24) is 55.4 Å². The number of aryl methyl sites for hydroxylation is 1. The molecular formula is C56H65F2N13O12S2. The minimum atomic E-state index is -3.77. The van der Waals surface area contributed by atoms with Gasteiger partial charge in [-0.3, -0.25) is 38.2 Å². The van der Waals surface area contributed by atoms with Gasteiger partial charge in [0.05, 0.1) is 115 Å². The highest BCUT2D eigenvalue weighted by atomic mass is 32.2. The molecule has 1 saturated heterocycles. The summed E-state index contributed by atoms with van der Waals surface area (Å²) in [4.78, 5) is 90.8. The third kappa shape index (κ3) is 16.5. The molecule has 0 radical (unpaired) electrons. The van der Waals surface area contributed by atoms with Gasteiger partial charge in [-0.2, -0.15) is 10.2 Å². The zero-order valence-corrected chi connectivity index (χ0v) is 48.6. The van der Waals surface area contributed by atoms with Gasteiger partial charge in [-0.15, -0.1) is 11.3 Å². The maximum Gasteiger partial charge on any atom is 0.325 e. The summed E-state index contributed by atoms with van der Waals surface area (Å²) in [5, 5.41) is 17.9. The number of sulfonamides is 1. The van der Waals surface area contributed by atoms with Crippen LogP contribution in [0.4, 0.5) is 20.4 Å². The van der Waals surface area contributed by atoms with Crippen molar-refractivity contribution in [2.24, 2.45) is 0 Å². The molecule has 8 rings (SSSR count). The van der Waals surface area contributed by atoms with E-state index in [-0.39, 0.29) is 131 Å². The Balaban J connectivity index is 0.705. The summed E-state index contributed by atoms with van der Waals surface area (Å²) < 4.78 is 83.1. The van der Waals surface area contributed by atoms with Gasteiger partial charge in [0.15, 0.2) is 5.82 Å². The molecule has 0 aliphatic carbocycles. The molecule has 5 heterocycles. The number of carbonyl (C=O) groups excluding carboxylic acids is 6. The molecule has 25 nitrogen and oxygen atoms in total. The third-order valence-corrected chi connectivity index (χ3v) is 16.3. The quantitative estimate of drug-likeness (QED) is 0.0312. The molecule has 7 aromatic rings.